The van der Waals surface area contributed by atoms with Crippen molar-refractivity contribution in [3.63, 3.8) is 0 Å². The van der Waals surface area contributed by atoms with Gasteiger partial charge in [0.2, 0.25) is 5.95 Å². The van der Waals surface area contributed by atoms with Crippen molar-refractivity contribution in [1.82, 2.24) is 14.8 Å². The van der Waals surface area contributed by atoms with E-state index in [4.69, 9.17) is 5.11 Å². The summed E-state index contributed by atoms with van der Waals surface area (Å²) in [7, 11) is 0. The molecule has 3 heterocycles. The number of anilines is 1. The summed E-state index contributed by atoms with van der Waals surface area (Å²) in [4.78, 5) is 17.3. The minimum Gasteiger partial charge on any atom is -0.477 e. The average molecular weight is 262 g/mol. The van der Waals surface area contributed by atoms with E-state index in [1.54, 1.807) is 22.1 Å². The van der Waals surface area contributed by atoms with E-state index in [1.807, 2.05) is 19.1 Å². The SMILES string of the molecule is Cc1ccc([C@@H]2C=C(C(=O)O)Nc3ncnn32)s1. The van der Waals surface area contributed by atoms with Crippen LogP contribution in [0.15, 0.2) is 30.2 Å². The van der Waals surface area contributed by atoms with E-state index in [0.717, 1.165) is 4.88 Å². The molecule has 1 aliphatic rings. The smallest absolute Gasteiger partial charge is 0.352 e. The van der Waals surface area contributed by atoms with Gasteiger partial charge in [0.25, 0.3) is 0 Å². The lowest BCUT2D eigenvalue weighted by Crippen LogP contribution is -2.23. The zero-order valence-electron chi connectivity index (χ0n) is 9.49. The highest BCUT2D eigenvalue weighted by atomic mass is 32.1. The van der Waals surface area contributed by atoms with Crippen molar-refractivity contribution in [1.29, 1.82) is 0 Å². The first-order valence-electron chi connectivity index (χ1n) is 5.33. The van der Waals surface area contributed by atoms with Gasteiger partial charge in [0.1, 0.15) is 18.1 Å². The summed E-state index contributed by atoms with van der Waals surface area (Å²) in [5.74, 6) is -0.548. The van der Waals surface area contributed by atoms with Crippen molar-refractivity contribution in [2.24, 2.45) is 0 Å². The number of aromatic nitrogens is 3. The molecule has 0 radical (unpaired) electrons. The number of nitrogens with zero attached hydrogens (tertiary/aromatic N) is 3. The molecule has 3 rings (SSSR count). The number of fused-ring (bicyclic) bond motifs is 1. The molecule has 0 unspecified atom stereocenters. The molecule has 0 spiro atoms. The standard InChI is InChI=1S/C11H10N4O2S/c1-6-2-3-9(18-6)8-4-7(10(16)17)14-11-12-5-13-15(8)11/h2-5,8H,1H3,(H,16,17)(H,12,13,14)/t8-/m0/s1. The van der Waals surface area contributed by atoms with E-state index in [1.165, 1.54) is 11.2 Å². The Bertz CT molecular complexity index is 643. The number of thiophene rings is 1. The van der Waals surface area contributed by atoms with Gasteiger partial charge in [-0.05, 0) is 25.1 Å². The van der Waals surface area contributed by atoms with Gasteiger partial charge >= 0.3 is 5.97 Å². The first kappa shape index (κ1) is 11.0. The second-order valence-corrected chi connectivity index (χ2v) is 5.25. The molecule has 2 N–H and O–H groups in total. The minimum atomic E-state index is -0.998. The Morgan fingerprint density at radius 1 is 1.56 bits per heavy atom. The predicted octanol–water partition coefficient (Wildman–Crippen LogP) is 1.63. The maximum absolute atomic E-state index is 11.1. The monoisotopic (exact) mass is 262 g/mol. The third-order valence-corrected chi connectivity index (χ3v) is 3.76. The number of rotatable bonds is 2. The highest BCUT2D eigenvalue weighted by Gasteiger charge is 2.26. The van der Waals surface area contributed by atoms with Crippen LogP contribution in [0.4, 0.5) is 5.95 Å². The molecule has 0 aliphatic carbocycles. The highest BCUT2D eigenvalue weighted by molar-refractivity contribution is 7.12. The number of hydrogen-bond donors (Lipinski definition) is 2. The Balaban J connectivity index is 2.10. The fraction of sp³-hybridized carbons (Fsp3) is 0.182. The first-order valence-corrected chi connectivity index (χ1v) is 6.15. The zero-order valence-corrected chi connectivity index (χ0v) is 10.3. The third-order valence-electron chi connectivity index (χ3n) is 2.69. The van der Waals surface area contributed by atoms with Crippen LogP contribution < -0.4 is 5.32 Å². The summed E-state index contributed by atoms with van der Waals surface area (Å²) in [6.07, 6.45) is 3.06. The Labute approximate surface area is 107 Å². The molecule has 2 aromatic rings. The number of aliphatic carboxylic acids is 1. The topological polar surface area (TPSA) is 80.0 Å². The van der Waals surface area contributed by atoms with E-state index >= 15 is 0 Å². The van der Waals surface area contributed by atoms with Crippen molar-refractivity contribution < 1.29 is 9.90 Å². The second kappa shape index (κ2) is 3.95. The third kappa shape index (κ3) is 1.68. The highest BCUT2D eigenvalue weighted by Crippen LogP contribution is 2.32. The Morgan fingerprint density at radius 3 is 3.06 bits per heavy atom. The summed E-state index contributed by atoms with van der Waals surface area (Å²) in [5, 5.41) is 16.0. The van der Waals surface area contributed by atoms with Crippen LogP contribution in [0.1, 0.15) is 15.8 Å². The van der Waals surface area contributed by atoms with Gasteiger partial charge in [0, 0.05) is 9.75 Å². The van der Waals surface area contributed by atoms with Gasteiger partial charge < -0.3 is 10.4 Å². The molecule has 92 valence electrons. The number of carbonyl (C=O) groups is 1. The van der Waals surface area contributed by atoms with Gasteiger partial charge in [-0.25, -0.2) is 9.48 Å². The van der Waals surface area contributed by atoms with Crippen LogP contribution in [-0.4, -0.2) is 25.8 Å². The van der Waals surface area contributed by atoms with Crippen LogP contribution in [0, 0.1) is 6.92 Å². The molecule has 0 saturated carbocycles. The van der Waals surface area contributed by atoms with E-state index in [0.29, 0.717) is 5.95 Å². The molecule has 0 amide bonds. The molecule has 1 atom stereocenters. The van der Waals surface area contributed by atoms with Crippen molar-refractivity contribution in [2.45, 2.75) is 13.0 Å². The number of carboxylic acid groups (broad SMARTS) is 1. The van der Waals surface area contributed by atoms with Crippen LogP contribution in [-0.2, 0) is 4.79 Å². The van der Waals surface area contributed by atoms with Crippen molar-refractivity contribution >= 4 is 23.3 Å². The summed E-state index contributed by atoms with van der Waals surface area (Å²) >= 11 is 1.62. The molecule has 1 aliphatic heterocycles. The number of nitrogens with one attached hydrogen (secondary N) is 1. The van der Waals surface area contributed by atoms with Gasteiger partial charge in [0.05, 0.1) is 0 Å². The van der Waals surface area contributed by atoms with Crippen LogP contribution in [0.5, 0.6) is 0 Å². The summed E-state index contributed by atoms with van der Waals surface area (Å²) in [6, 6.07) is 3.78. The predicted molar refractivity (Wildman–Crippen MR) is 66.6 cm³/mol. The van der Waals surface area contributed by atoms with Crippen LogP contribution in [0.3, 0.4) is 0 Å². The molecule has 0 aromatic carbocycles. The molecule has 2 aromatic heterocycles. The lowest BCUT2D eigenvalue weighted by atomic mass is 10.2. The average Bonchev–Trinajstić information content (AvgIpc) is 2.95. The first-order chi connectivity index (χ1) is 8.65. The molecule has 18 heavy (non-hydrogen) atoms. The maximum Gasteiger partial charge on any atom is 0.352 e. The zero-order chi connectivity index (χ0) is 12.7. The number of hydrogen-bond acceptors (Lipinski definition) is 5. The fourth-order valence-corrected chi connectivity index (χ4v) is 2.81. The summed E-state index contributed by atoms with van der Waals surface area (Å²) in [6.45, 7) is 2.01. The number of aryl methyl sites for hydroxylation is 1. The van der Waals surface area contributed by atoms with E-state index in [-0.39, 0.29) is 11.7 Å². The largest absolute Gasteiger partial charge is 0.477 e. The van der Waals surface area contributed by atoms with E-state index in [2.05, 4.69) is 15.4 Å². The fourth-order valence-electron chi connectivity index (χ4n) is 1.87. The Kier molecular flexibility index (Phi) is 2.41. The summed E-state index contributed by atoms with van der Waals surface area (Å²) < 4.78 is 1.68. The molecule has 0 saturated heterocycles. The van der Waals surface area contributed by atoms with E-state index < -0.39 is 5.97 Å². The molecular weight excluding hydrogens is 252 g/mol. The van der Waals surface area contributed by atoms with Gasteiger partial charge in [-0.1, -0.05) is 0 Å². The minimum absolute atomic E-state index is 0.131. The van der Waals surface area contributed by atoms with Crippen molar-refractivity contribution in [2.75, 3.05) is 5.32 Å². The second-order valence-electron chi connectivity index (χ2n) is 3.93. The van der Waals surface area contributed by atoms with Crippen LogP contribution >= 0.6 is 11.3 Å². The van der Waals surface area contributed by atoms with Gasteiger partial charge in [-0.15, -0.1) is 11.3 Å². The van der Waals surface area contributed by atoms with Crippen molar-refractivity contribution in [3.05, 3.63) is 40.0 Å². The Morgan fingerprint density at radius 2 is 2.39 bits per heavy atom. The lowest BCUT2D eigenvalue weighted by Gasteiger charge is -2.21. The number of carboxylic acids is 1. The van der Waals surface area contributed by atoms with Crippen LogP contribution in [0.2, 0.25) is 0 Å². The summed E-state index contributed by atoms with van der Waals surface area (Å²) in [5.41, 5.74) is 0.131. The lowest BCUT2D eigenvalue weighted by molar-refractivity contribution is -0.132. The number of allylic oxidation sites excluding steroid dienone is 1. The molecule has 0 fully saturated rings. The maximum atomic E-state index is 11.1. The molecular formula is C11H10N4O2S. The quantitative estimate of drug-likeness (QED) is 0.859. The molecule has 0 bridgehead atoms. The Hall–Kier alpha value is -2.15. The normalized spacial score (nSPS) is 17.8. The van der Waals surface area contributed by atoms with Gasteiger partial charge in [-0.3, -0.25) is 0 Å². The molecule has 7 heteroatoms. The van der Waals surface area contributed by atoms with Crippen LogP contribution in [0.25, 0.3) is 0 Å². The van der Waals surface area contributed by atoms with Gasteiger partial charge in [0.15, 0.2) is 0 Å². The van der Waals surface area contributed by atoms with Gasteiger partial charge in [-0.2, -0.15) is 10.1 Å². The van der Waals surface area contributed by atoms with E-state index in [9.17, 15) is 4.79 Å². The molecule has 6 nitrogen and oxygen atoms in total. The van der Waals surface area contributed by atoms with Crippen molar-refractivity contribution in [3.8, 4) is 0 Å².